The minimum Gasteiger partial charge on any atom is -0.369 e. The second-order valence-electron chi connectivity index (χ2n) is 5.67. The van der Waals surface area contributed by atoms with E-state index in [1.807, 2.05) is 6.07 Å². The summed E-state index contributed by atoms with van der Waals surface area (Å²) in [4.78, 5) is 8.83. The standard InChI is InChI=1S/C14H19ClN4/c1-8-4-3-5-12(9(8)2)19-13-11(18-14(19)16)6-10(15)7-17-13/h6-9,12H,3-5H2,1-2H3,(H2,16,18). The number of rotatable bonds is 1. The molecule has 3 atom stereocenters. The summed E-state index contributed by atoms with van der Waals surface area (Å²) < 4.78 is 2.10. The normalized spacial score (nSPS) is 27.8. The fourth-order valence-corrected chi connectivity index (χ4v) is 3.37. The lowest BCUT2D eigenvalue weighted by Crippen LogP contribution is -2.27. The van der Waals surface area contributed by atoms with Gasteiger partial charge in [-0.3, -0.25) is 4.57 Å². The first-order valence-electron chi connectivity index (χ1n) is 6.87. The maximum Gasteiger partial charge on any atom is 0.202 e. The van der Waals surface area contributed by atoms with Crippen molar-refractivity contribution in [2.45, 2.75) is 39.2 Å². The van der Waals surface area contributed by atoms with Crippen LogP contribution < -0.4 is 5.73 Å². The van der Waals surface area contributed by atoms with Crippen molar-refractivity contribution in [3.05, 3.63) is 17.3 Å². The molecule has 5 heteroatoms. The summed E-state index contributed by atoms with van der Waals surface area (Å²) in [6, 6.07) is 2.22. The van der Waals surface area contributed by atoms with Crippen molar-refractivity contribution in [3.8, 4) is 0 Å². The van der Waals surface area contributed by atoms with Crippen molar-refractivity contribution in [2.75, 3.05) is 5.73 Å². The minimum atomic E-state index is 0.391. The van der Waals surface area contributed by atoms with Crippen molar-refractivity contribution in [1.29, 1.82) is 0 Å². The highest BCUT2D eigenvalue weighted by Gasteiger charge is 2.30. The molecule has 2 aromatic heterocycles. The van der Waals surface area contributed by atoms with E-state index in [9.17, 15) is 0 Å². The molecule has 1 aliphatic carbocycles. The second-order valence-corrected chi connectivity index (χ2v) is 6.11. The summed E-state index contributed by atoms with van der Waals surface area (Å²) in [5.41, 5.74) is 7.75. The molecule has 0 amide bonds. The van der Waals surface area contributed by atoms with Crippen LogP contribution in [0.25, 0.3) is 11.2 Å². The van der Waals surface area contributed by atoms with Crippen LogP contribution in [0.3, 0.4) is 0 Å². The van der Waals surface area contributed by atoms with Gasteiger partial charge in [0.05, 0.1) is 5.02 Å². The largest absolute Gasteiger partial charge is 0.369 e. The van der Waals surface area contributed by atoms with E-state index in [4.69, 9.17) is 17.3 Å². The molecular weight excluding hydrogens is 260 g/mol. The van der Waals surface area contributed by atoms with E-state index < -0.39 is 0 Å². The first-order valence-corrected chi connectivity index (χ1v) is 7.24. The van der Waals surface area contributed by atoms with Gasteiger partial charge in [-0.1, -0.05) is 38.3 Å². The maximum absolute atomic E-state index is 6.11. The molecule has 4 nitrogen and oxygen atoms in total. The summed E-state index contributed by atoms with van der Waals surface area (Å²) in [5, 5.41) is 0.599. The predicted molar refractivity (Wildman–Crippen MR) is 78.2 cm³/mol. The highest BCUT2D eigenvalue weighted by Crippen LogP contribution is 2.40. The van der Waals surface area contributed by atoms with Crippen molar-refractivity contribution in [3.63, 3.8) is 0 Å². The van der Waals surface area contributed by atoms with E-state index in [1.54, 1.807) is 6.20 Å². The van der Waals surface area contributed by atoms with Crippen LogP contribution in [0, 0.1) is 11.8 Å². The predicted octanol–water partition coefficient (Wildman–Crippen LogP) is 3.66. The van der Waals surface area contributed by atoms with E-state index in [0.29, 0.717) is 28.8 Å². The summed E-state index contributed by atoms with van der Waals surface area (Å²) in [6.45, 7) is 4.62. The number of nitrogens with zero attached hydrogens (tertiary/aromatic N) is 3. The van der Waals surface area contributed by atoms with Gasteiger partial charge in [0.25, 0.3) is 0 Å². The first kappa shape index (κ1) is 12.7. The number of fused-ring (bicyclic) bond motifs is 1. The average molecular weight is 279 g/mol. The van der Waals surface area contributed by atoms with Crippen molar-refractivity contribution >= 4 is 28.7 Å². The lowest BCUT2D eigenvalue weighted by Gasteiger charge is -2.35. The summed E-state index contributed by atoms with van der Waals surface area (Å²) in [6.07, 6.45) is 5.34. The van der Waals surface area contributed by atoms with Gasteiger partial charge in [0.2, 0.25) is 5.95 Å². The molecule has 1 fully saturated rings. The molecule has 3 rings (SSSR count). The fourth-order valence-electron chi connectivity index (χ4n) is 3.22. The zero-order valence-electron chi connectivity index (χ0n) is 11.3. The van der Waals surface area contributed by atoms with Gasteiger partial charge in [0.1, 0.15) is 5.52 Å². The Morgan fingerprint density at radius 1 is 1.37 bits per heavy atom. The molecule has 2 heterocycles. The van der Waals surface area contributed by atoms with Gasteiger partial charge >= 0.3 is 0 Å². The maximum atomic E-state index is 6.11. The first-order chi connectivity index (χ1) is 9.08. The fraction of sp³-hybridized carbons (Fsp3) is 0.571. The Kier molecular flexibility index (Phi) is 3.13. The number of nitrogen functional groups attached to an aromatic ring is 1. The van der Waals surface area contributed by atoms with Crippen LogP contribution in [0.1, 0.15) is 39.2 Å². The molecule has 2 aromatic rings. The number of hydrogen-bond acceptors (Lipinski definition) is 3. The summed E-state index contributed by atoms with van der Waals surface area (Å²) >= 11 is 5.97. The summed E-state index contributed by atoms with van der Waals surface area (Å²) in [7, 11) is 0. The molecule has 0 aromatic carbocycles. The van der Waals surface area contributed by atoms with Gasteiger partial charge in [-0.2, -0.15) is 0 Å². The molecule has 0 spiro atoms. The third kappa shape index (κ3) is 2.08. The van der Waals surface area contributed by atoms with Crippen LogP contribution in [0.2, 0.25) is 5.02 Å². The summed E-state index contributed by atoms with van der Waals surface area (Å²) in [5.74, 6) is 1.85. The third-order valence-electron chi connectivity index (χ3n) is 4.52. The van der Waals surface area contributed by atoms with Gasteiger partial charge in [-0.25, -0.2) is 9.97 Å². The zero-order chi connectivity index (χ0) is 13.6. The molecule has 19 heavy (non-hydrogen) atoms. The minimum absolute atomic E-state index is 0.391. The highest BCUT2D eigenvalue weighted by molar-refractivity contribution is 6.31. The topological polar surface area (TPSA) is 56.7 Å². The second kappa shape index (κ2) is 4.67. The monoisotopic (exact) mass is 278 g/mol. The SMILES string of the molecule is CC1CCCC(n2c(N)nc3cc(Cl)cnc32)C1C. The Bertz CT molecular complexity index is 607. The number of hydrogen-bond donors (Lipinski definition) is 1. The molecule has 3 unspecified atom stereocenters. The Labute approximate surface area is 118 Å². The van der Waals surface area contributed by atoms with Gasteiger partial charge < -0.3 is 5.73 Å². The van der Waals surface area contributed by atoms with Crippen LogP contribution in [-0.2, 0) is 0 Å². The molecule has 0 radical (unpaired) electrons. The number of pyridine rings is 1. The lowest BCUT2D eigenvalue weighted by atomic mass is 9.78. The third-order valence-corrected chi connectivity index (χ3v) is 4.73. The molecule has 1 aliphatic rings. The van der Waals surface area contributed by atoms with Crippen LogP contribution in [-0.4, -0.2) is 14.5 Å². The molecule has 0 saturated heterocycles. The Balaban J connectivity index is 2.11. The number of anilines is 1. The lowest BCUT2D eigenvalue weighted by molar-refractivity contribution is 0.191. The molecule has 1 saturated carbocycles. The molecular formula is C14H19ClN4. The Morgan fingerprint density at radius 2 is 2.16 bits per heavy atom. The van der Waals surface area contributed by atoms with Crippen molar-refractivity contribution in [1.82, 2.24) is 14.5 Å². The molecule has 0 bridgehead atoms. The van der Waals surface area contributed by atoms with Crippen LogP contribution in [0.15, 0.2) is 12.3 Å². The van der Waals surface area contributed by atoms with Crippen molar-refractivity contribution < 1.29 is 0 Å². The molecule has 0 aliphatic heterocycles. The van der Waals surface area contributed by atoms with Gasteiger partial charge in [-0.15, -0.1) is 0 Å². The number of nitrogens with two attached hydrogens (primary N) is 1. The van der Waals surface area contributed by atoms with E-state index in [1.165, 1.54) is 12.8 Å². The van der Waals surface area contributed by atoms with E-state index >= 15 is 0 Å². The van der Waals surface area contributed by atoms with Gasteiger partial charge in [-0.05, 0) is 24.3 Å². The number of halogens is 1. The highest BCUT2D eigenvalue weighted by atomic mass is 35.5. The van der Waals surface area contributed by atoms with Crippen LogP contribution in [0.4, 0.5) is 5.95 Å². The number of imidazole rings is 1. The van der Waals surface area contributed by atoms with E-state index in [-0.39, 0.29) is 0 Å². The smallest absolute Gasteiger partial charge is 0.202 e. The zero-order valence-corrected chi connectivity index (χ0v) is 12.1. The van der Waals surface area contributed by atoms with Gasteiger partial charge in [0.15, 0.2) is 5.65 Å². The van der Waals surface area contributed by atoms with Crippen LogP contribution in [0.5, 0.6) is 0 Å². The average Bonchev–Trinajstić information content (AvgIpc) is 2.68. The van der Waals surface area contributed by atoms with Crippen molar-refractivity contribution in [2.24, 2.45) is 11.8 Å². The molecule has 2 N–H and O–H groups in total. The Hall–Kier alpha value is -1.29. The van der Waals surface area contributed by atoms with E-state index in [2.05, 4.69) is 28.4 Å². The van der Waals surface area contributed by atoms with Crippen LogP contribution >= 0.6 is 11.6 Å². The van der Waals surface area contributed by atoms with Gasteiger partial charge in [0, 0.05) is 12.2 Å². The molecule has 102 valence electrons. The number of aromatic nitrogens is 3. The quantitative estimate of drug-likeness (QED) is 0.866. The Morgan fingerprint density at radius 3 is 2.95 bits per heavy atom. The van der Waals surface area contributed by atoms with E-state index in [0.717, 1.165) is 17.6 Å².